The highest BCUT2D eigenvalue weighted by atomic mass is 16.3. The maximum absolute atomic E-state index is 9.84. The molecule has 1 aromatic rings. The van der Waals surface area contributed by atoms with E-state index in [1.54, 1.807) is 12.1 Å². The van der Waals surface area contributed by atoms with E-state index in [1.807, 2.05) is 0 Å². The Bertz CT molecular complexity index is 292. The molecule has 0 saturated heterocycles. The van der Waals surface area contributed by atoms with Crippen LogP contribution in [0.2, 0.25) is 0 Å². The third-order valence-corrected chi connectivity index (χ3v) is 1.18. The van der Waals surface area contributed by atoms with Crippen LogP contribution in [-0.2, 0) is 11.4 Å². The van der Waals surface area contributed by atoms with Crippen molar-refractivity contribution in [3.8, 4) is 0 Å². The molecule has 0 aliphatic heterocycles. The van der Waals surface area contributed by atoms with E-state index in [1.165, 1.54) is 12.3 Å². The molecule has 1 aromatic heterocycles. The van der Waals surface area contributed by atoms with E-state index in [-0.39, 0.29) is 6.61 Å². The molecule has 0 fully saturated rings. The minimum Gasteiger partial charge on any atom is -0.390 e. The molecule has 0 aliphatic rings. The number of isocyanates is 1. The van der Waals surface area contributed by atoms with Crippen molar-refractivity contribution in [2.24, 2.45) is 4.99 Å². The average molecular weight is 150 g/mol. The molecule has 4 heteroatoms. The first-order chi connectivity index (χ1) is 5.38. The van der Waals surface area contributed by atoms with Crippen molar-refractivity contribution in [2.75, 3.05) is 0 Å². The third kappa shape index (κ3) is 1.70. The van der Waals surface area contributed by atoms with Gasteiger partial charge in [0.25, 0.3) is 0 Å². The van der Waals surface area contributed by atoms with E-state index < -0.39 is 0 Å². The molecule has 0 bridgehead atoms. The highest BCUT2D eigenvalue weighted by molar-refractivity contribution is 5.50. The Hall–Kier alpha value is -1.51. The monoisotopic (exact) mass is 150 g/mol. The largest absolute Gasteiger partial charge is 0.390 e. The number of aliphatic hydroxyl groups is 1. The molecular weight excluding hydrogens is 144 g/mol. The van der Waals surface area contributed by atoms with Crippen LogP contribution in [0.25, 0.3) is 0 Å². The third-order valence-electron chi connectivity index (χ3n) is 1.18. The summed E-state index contributed by atoms with van der Waals surface area (Å²) in [6, 6.07) is 3.22. The predicted octanol–water partition coefficient (Wildman–Crippen LogP) is 0.541. The Kier molecular flexibility index (Phi) is 2.49. The summed E-state index contributed by atoms with van der Waals surface area (Å²) < 4.78 is 0. The van der Waals surface area contributed by atoms with Gasteiger partial charge < -0.3 is 5.11 Å². The number of aliphatic hydroxyl groups excluding tert-OH is 1. The molecule has 1 N–H and O–H groups in total. The Morgan fingerprint density at radius 2 is 2.55 bits per heavy atom. The summed E-state index contributed by atoms with van der Waals surface area (Å²) in [5, 5.41) is 8.69. The van der Waals surface area contributed by atoms with Gasteiger partial charge in [0.1, 0.15) is 5.69 Å². The highest BCUT2D eigenvalue weighted by Gasteiger charge is 1.97. The van der Waals surface area contributed by atoms with Gasteiger partial charge in [-0.15, -0.1) is 0 Å². The topological polar surface area (TPSA) is 62.5 Å². The van der Waals surface area contributed by atoms with Gasteiger partial charge in [-0.25, -0.2) is 4.79 Å². The van der Waals surface area contributed by atoms with Crippen molar-refractivity contribution in [3.63, 3.8) is 0 Å². The second kappa shape index (κ2) is 3.61. The van der Waals surface area contributed by atoms with E-state index in [4.69, 9.17) is 5.11 Å². The molecule has 0 aromatic carbocycles. The number of hydrogen-bond donors (Lipinski definition) is 1. The molecule has 0 saturated carbocycles. The molecule has 1 rings (SSSR count). The number of carbonyl (C=O) groups excluding carboxylic acids is 1. The number of rotatable bonds is 2. The number of aromatic nitrogens is 1. The zero-order valence-corrected chi connectivity index (χ0v) is 5.69. The molecule has 56 valence electrons. The minimum atomic E-state index is -0.221. The first kappa shape index (κ1) is 7.60. The molecule has 1 heterocycles. The number of aliphatic imine (C=N–C) groups is 1. The number of hydrogen-bond acceptors (Lipinski definition) is 4. The van der Waals surface area contributed by atoms with Gasteiger partial charge in [-0.2, -0.15) is 4.99 Å². The van der Waals surface area contributed by atoms with Crippen LogP contribution in [0, 0.1) is 0 Å². The molecule has 0 radical (unpaired) electrons. The van der Waals surface area contributed by atoms with Crippen LogP contribution in [0.4, 0.5) is 5.69 Å². The number of nitrogens with zero attached hydrogens (tertiary/aromatic N) is 2. The molecule has 0 amide bonds. The second-order valence-corrected chi connectivity index (χ2v) is 1.83. The maximum Gasteiger partial charge on any atom is 0.240 e. The van der Waals surface area contributed by atoms with Crippen LogP contribution < -0.4 is 0 Å². The van der Waals surface area contributed by atoms with E-state index in [2.05, 4.69) is 9.98 Å². The van der Waals surface area contributed by atoms with Crippen LogP contribution in [0.5, 0.6) is 0 Å². The molecule has 0 unspecified atom stereocenters. The van der Waals surface area contributed by atoms with Crippen molar-refractivity contribution in [1.29, 1.82) is 0 Å². The van der Waals surface area contributed by atoms with Crippen molar-refractivity contribution >= 4 is 11.8 Å². The fourth-order valence-corrected chi connectivity index (χ4v) is 0.702. The second-order valence-electron chi connectivity index (χ2n) is 1.83. The zero-order chi connectivity index (χ0) is 8.10. The summed E-state index contributed by atoms with van der Waals surface area (Å²) in [5.74, 6) is 0. The van der Waals surface area contributed by atoms with Crippen LogP contribution in [0.3, 0.4) is 0 Å². The van der Waals surface area contributed by atoms with E-state index in [0.29, 0.717) is 11.4 Å². The Labute approximate surface area is 63.2 Å². The summed E-state index contributed by atoms with van der Waals surface area (Å²) in [6.07, 6.45) is 2.91. The molecule has 0 aliphatic carbocycles. The molecular formula is C7H6N2O2. The van der Waals surface area contributed by atoms with Crippen molar-refractivity contribution < 1.29 is 9.90 Å². The Morgan fingerprint density at radius 1 is 1.73 bits per heavy atom. The van der Waals surface area contributed by atoms with Crippen LogP contribution in [0.15, 0.2) is 23.3 Å². The van der Waals surface area contributed by atoms with Crippen molar-refractivity contribution in [3.05, 3.63) is 24.0 Å². The van der Waals surface area contributed by atoms with E-state index >= 15 is 0 Å². The van der Waals surface area contributed by atoms with Gasteiger partial charge in [0.2, 0.25) is 6.08 Å². The van der Waals surface area contributed by atoms with Crippen LogP contribution in [0.1, 0.15) is 5.69 Å². The van der Waals surface area contributed by atoms with Gasteiger partial charge in [-0.3, -0.25) is 4.98 Å². The highest BCUT2D eigenvalue weighted by Crippen LogP contribution is 2.14. The molecule has 11 heavy (non-hydrogen) atoms. The van der Waals surface area contributed by atoms with Gasteiger partial charge in [-0.1, -0.05) is 0 Å². The SMILES string of the molecule is O=C=Nc1cccnc1CO. The average Bonchev–Trinajstić information content (AvgIpc) is 2.06. The zero-order valence-electron chi connectivity index (χ0n) is 5.69. The predicted molar refractivity (Wildman–Crippen MR) is 37.9 cm³/mol. The standard InChI is InChI=1S/C7H6N2O2/c10-4-7-6(9-5-11)2-1-3-8-7/h1-3,10H,4H2. The maximum atomic E-state index is 9.84. The van der Waals surface area contributed by atoms with Crippen LogP contribution in [-0.4, -0.2) is 16.2 Å². The summed E-state index contributed by atoms with van der Waals surface area (Å²) in [6.45, 7) is -0.221. The molecule has 0 atom stereocenters. The lowest BCUT2D eigenvalue weighted by atomic mass is 10.3. The van der Waals surface area contributed by atoms with Gasteiger partial charge in [0.05, 0.1) is 12.3 Å². The van der Waals surface area contributed by atoms with Crippen LogP contribution >= 0.6 is 0 Å². The first-order valence-corrected chi connectivity index (χ1v) is 3.01. The lowest BCUT2D eigenvalue weighted by molar-refractivity contribution is 0.277. The summed E-state index contributed by atoms with van der Waals surface area (Å²) >= 11 is 0. The molecule has 4 nitrogen and oxygen atoms in total. The van der Waals surface area contributed by atoms with Gasteiger partial charge in [0, 0.05) is 6.20 Å². The lowest BCUT2D eigenvalue weighted by Gasteiger charge is -1.95. The van der Waals surface area contributed by atoms with Crippen molar-refractivity contribution in [1.82, 2.24) is 4.98 Å². The van der Waals surface area contributed by atoms with Gasteiger partial charge in [-0.05, 0) is 12.1 Å². The fraction of sp³-hybridized carbons (Fsp3) is 0.143. The van der Waals surface area contributed by atoms with E-state index in [0.717, 1.165) is 0 Å². The Morgan fingerprint density at radius 3 is 3.18 bits per heavy atom. The van der Waals surface area contributed by atoms with Crippen molar-refractivity contribution in [2.45, 2.75) is 6.61 Å². The number of pyridine rings is 1. The normalized spacial score (nSPS) is 8.82. The Balaban J connectivity index is 3.11. The summed E-state index contributed by atoms with van der Waals surface area (Å²) in [5.41, 5.74) is 0.751. The summed E-state index contributed by atoms with van der Waals surface area (Å²) in [4.78, 5) is 17.0. The summed E-state index contributed by atoms with van der Waals surface area (Å²) in [7, 11) is 0. The fourth-order valence-electron chi connectivity index (χ4n) is 0.702. The smallest absolute Gasteiger partial charge is 0.240 e. The lowest BCUT2D eigenvalue weighted by Crippen LogP contribution is -1.87. The van der Waals surface area contributed by atoms with Gasteiger partial charge in [0.15, 0.2) is 0 Å². The minimum absolute atomic E-state index is 0.221. The van der Waals surface area contributed by atoms with E-state index in [9.17, 15) is 4.79 Å². The quantitative estimate of drug-likeness (QED) is 0.494. The first-order valence-electron chi connectivity index (χ1n) is 3.01. The van der Waals surface area contributed by atoms with Gasteiger partial charge >= 0.3 is 0 Å². The molecule has 0 spiro atoms.